The molecule has 0 fully saturated rings. The monoisotopic (exact) mass is 256 g/mol. The molecule has 0 heterocycles. The maximum atomic E-state index is 11.6. The number of hydrazine groups is 2. The summed E-state index contributed by atoms with van der Waals surface area (Å²) in [6, 6.07) is 6.58. The van der Waals surface area contributed by atoms with Crippen LogP contribution in [0.3, 0.4) is 0 Å². The highest BCUT2D eigenvalue weighted by Gasteiger charge is 2.22. The molecule has 0 radical (unpaired) electrons. The minimum Gasteiger partial charge on any atom is -0.294 e. The molecule has 7 heteroatoms. The number of rotatable bonds is 4. The van der Waals surface area contributed by atoms with E-state index in [0.29, 0.717) is 10.6 Å². The molecule has 0 saturated heterocycles. The lowest BCUT2D eigenvalue weighted by Gasteiger charge is -2.14. The summed E-state index contributed by atoms with van der Waals surface area (Å²) in [5, 5.41) is 0.545. The Morgan fingerprint density at radius 1 is 1.18 bits per heavy atom. The van der Waals surface area contributed by atoms with Gasteiger partial charge in [0, 0.05) is 11.4 Å². The summed E-state index contributed by atoms with van der Waals surface area (Å²) in [6.07, 6.45) is -0.0822. The average Bonchev–Trinajstić information content (AvgIpc) is 2.36. The van der Waals surface area contributed by atoms with Crippen molar-refractivity contribution >= 4 is 23.4 Å². The Labute approximate surface area is 103 Å². The summed E-state index contributed by atoms with van der Waals surface area (Å²) in [5.41, 5.74) is 4.62. The van der Waals surface area contributed by atoms with Crippen molar-refractivity contribution in [2.75, 3.05) is 0 Å². The zero-order chi connectivity index (χ0) is 12.8. The first-order chi connectivity index (χ1) is 8.08. The van der Waals surface area contributed by atoms with Gasteiger partial charge in [0.15, 0.2) is 0 Å². The molecule has 92 valence electrons. The predicted octanol–water partition coefficient (Wildman–Crippen LogP) is -0.206. The second-order valence-corrected chi connectivity index (χ2v) is 3.82. The van der Waals surface area contributed by atoms with Crippen molar-refractivity contribution in [2.24, 2.45) is 11.7 Å². The van der Waals surface area contributed by atoms with Crippen molar-refractivity contribution in [2.45, 2.75) is 12.3 Å². The molecule has 1 rings (SSSR count). The van der Waals surface area contributed by atoms with E-state index in [0.717, 1.165) is 0 Å². The van der Waals surface area contributed by atoms with Crippen LogP contribution in [0.25, 0.3) is 0 Å². The summed E-state index contributed by atoms with van der Waals surface area (Å²) >= 11 is 5.74. The molecular formula is C10H13ClN4O2. The standard InChI is InChI=1S/C10H13ClN4O2/c11-7-3-1-6(2-4-7)8(10(17)15-13)5-9(16)14-12/h1-4,8H,5,12-13H2,(H,14,16)(H,15,17)/t8-/m0/s1. The SMILES string of the molecule is NNC(=O)C[C@H](C(=O)NN)c1ccc(Cl)cc1. The third-order valence-electron chi connectivity index (χ3n) is 2.28. The van der Waals surface area contributed by atoms with E-state index in [1.54, 1.807) is 24.3 Å². The predicted molar refractivity (Wildman–Crippen MR) is 63.5 cm³/mol. The van der Waals surface area contributed by atoms with Gasteiger partial charge in [-0.2, -0.15) is 0 Å². The van der Waals surface area contributed by atoms with Crippen LogP contribution in [0.1, 0.15) is 17.9 Å². The number of hydrogen-bond acceptors (Lipinski definition) is 4. The van der Waals surface area contributed by atoms with E-state index in [9.17, 15) is 9.59 Å². The second-order valence-electron chi connectivity index (χ2n) is 3.38. The molecule has 0 aromatic heterocycles. The van der Waals surface area contributed by atoms with Gasteiger partial charge in [-0.25, -0.2) is 11.7 Å². The summed E-state index contributed by atoms with van der Waals surface area (Å²) < 4.78 is 0. The van der Waals surface area contributed by atoms with E-state index in [4.69, 9.17) is 23.3 Å². The van der Waals surface area contributed by atoms with Gasteiger partial charge in [-0.1, -0.05) is 23.7 Å². The Morgan fingerprint density at radius 2 is 1.76 bits per heavy atom. The molecule has 2 amide bonds. The summed E-state index contributed by atoms with van der Waals surface area (Å²) in [7, 11) is 0. The number of nitrogens with one attached hydrogen (secondary N) is 2. The van der Waals surface area contributed by atoms with Gasteiger partial charge in [0.05, 0.1) is 5.92 Å². The number of halogens is 1. The number of hydrogen-bond donors (Lipinski definition) is 4. The first-order valence-electron chi connectivity index (χ1n) is 4.84. The minimum absolute atomic E-state index is 0.0822. The van der Waals surface area contributed by atoms with E-state index in [1.165, 1.54) is 0 Å². The number of carbonyl (C=O) groups excluding carboxylic acids is 2. The smallest absolute Gasteiger partial charge is 0.241 e. The van der Waals surface area contributed by atoms with Gasteiger partial charge in [-0.3, -0.25) is 20.4 Å². The lowest BCUT2D eigenvalue weighted by molar-refractivity contribution is -0.127. The Balaban J connectivity index is 2.93. The molecule has 0 aliphatic carbocycles. The number of carbonyl (C=O) groups is 2. The second kappa shape index (κ2) is 6.19. The molecule has 6 N–H and O–H groups in total. The van der Waals surface area contributed by atoms with Gasteiger partial charge >= 0.3 is 0 Å². The van der Waals surface area contributed by atoms with Crippen LogP contribution >= 0.6 is 11.6 Å². The Morgan fingerprint density at radius 3 is 2.24 bits per heavy atom. The first kappa shape index (κ1) is 13.4. The zero-order valence-corrected chi connectivity index (χ0v) is 9.70. The van der Waals surface area contributed by atoms with Crippen LogP contribution in [0.2, 0.25) is 5.02 Å². The fourth-order valence-corrected chi connectivity index (χ4v) is 1.53. The molecule has 6 nitrogen and oxygen atoms in total. The summed E-state index contributed by atoms with van der Waals surface area (Å²) in [5.74, 6) is 8.44. The van der Waals surface area contributed by atoms with Crippen LogP contribution in [0.15, 0.2) is 24.3 Å². The van der Waals surface area contributed by atoms with Crippen LogP contribution < -0.4 is 22.5 Å². The van der Waals surface area contributed by atoms with Crippen molar-refractivity contribution in [3.8, 4) is 0 Å². The van der Waals surface area contributed by atoms with Gasteiger partial charge in [-0.05, 0) is 17.7 Å². The van der Waals surface area contributed by atoms with Crippen LogP contribution in [0.4, 0.5) is 0 Å². The third kappa shape index (κ3) is 3.70. The molecule has 0 spiro atoms. The quantitative estimate of drug-likeness (QED) is 0.339. The fraction of sp³-hybridized carbons (Fsp3) is 0.200. The topological polar surface area (TPSA) is 110 Å². The molecule has 1 aromatic carbocycles. The van der Waals surface area contributed by atoms with E-state index in [1.807, 2.05) is 10.9 Å². The normalized spacial score (nSPS) is 11.7. The Kier molecular flexibility index (Phi) is 4.89. The molecule has 0 aliphatic heterocycles. The molecule has 0 unspecified atom stereocenters. The highest BCUT2D eigenvalue weighted by Crippen LogP contribution is 2.21. The lowest BCUT2D eigenvalue weighted by atomic mass is 9.95. The third-order valence-corrected chi connectivity index (χ3v) is 2.53. The van der Waals surface area contributed by atoms with Gasteiger partial charge in [-0.15, -0.1) is 0 Å². The fourth-order valence-electron chi connectivity index (χ4n) is 1.40. The van der Waals surface area contributed by atoms with Gasteiger partial charge < -0.3 is 0 Å². The molecule has 0 saturated carbocycles. The summed E-state index contributed by atoms with van der Waals surface area (Å²) in [6.45, 7) is 0. The van der Waals surface area contributed by atoms with Gasteiger partial charge in [0.1, 0.15) is 0 Å². The Hall–Kier alpha value is -1.63. The highest BCUT2D eigenvalue weighted by atomic mass is 35.5. The van der Waals surface area contributed by atoms with Crippen molar-refractivity contribution in [1.29, 1.82) is 0 Å². The maximum Gasteiger partial charge on any atom is 0.241 e. The average molecular weight is 257 g/mol. The van der Waals surface area contributed by atoms with Crippen molar-refractivity contribution in [1.82, 2.24) is 10.9 Å². The molecule has 1 aromatic rings. The van der Waals surface area contributed by atoms with Crippen LogP contribution in [0.5, 0.6) is 0 Å². The molecule has 0 aliphatic rings. The first-order valence-corrected chi connectivity index (χ1v) is 5.21. The van der Waals surface area contributed by atoms with Crippen molar-refractivity contribution < 1.29 is 9.59 Å². The molecular weight excluding hydrogens is 244 g/mol. The summed E-state index contributed by atoms with van der Waals surface area (Å²) in [4.78, 5) is 22.8. The molecule has 0 bridgehead atoms. The lowest BCUT2D eigenvalue weighted by Crippen LogP contribution is -2.38. The van der Waals surface area contributed by atoms with Crippen molar-refractivity contribution in [3.05, 3.63) is 34.9 Å². The van der Waals surface area contributed by atoms with E-state index >= 15 is 0 Å². The van der Waals surface area contributed by atoms with E-state index in [-0.39, 0.29) is 6.42 Å². The highest BCUT2D eigenvalue weighted by molar-refractivity contribution is 6.30. The zero-order valence-electron chi connectivity index (χ0n) is 8.94. The molecule has 17 heavy (non-hydrogen) atoms. The van der Waals surface area contributed by atoms with E-state index < -0.39 is 17.7 Å². The number of benzene rings is 1. The largest absolute Gasteiger partial charge is 0.294 e. The van der Waals surface area contributed by atoms with Gasteiger partial charge in [0.25, 0.3) is 0 Å². The number of nitrogens with two attached hydrogens (primary N) is 2. The van der Waals surface area contributed by atoms with Crippen LogP contribution in [-0.4, -0.2) is 11.8 Å². The maximum absolute atomic E-state index is 11.6. The molecule has 1 atom stereocenters. The van der Waals surface area contributed by atoms with Crippen molar-refractivity contribution in [3.63, 3.8) is 0 Å². The van der Waals surface area contributed by atoms with Crippen LogP contribution in [-0.2, 0) is 9.59 Å². The minimum atomic E-state index is -0.694. The van der Waals surface area contributed by atoms with E-state index in [2.05, 4.69) is 0 Å². The van der Waals surface area contributed by atoms with Crippen LogP contribution in [0, 0.1) is 0 Å². The Bertz CT molecular complexity index is 407. The van der Waals surface area contributed by atoms with Gasteiger partial charge in [0.2, 0.25) is 11.8 Å². The number of amides is 2.